The first-order chi connectivity index (χ1) is 7.18. The first-order valence-corrected chi connectivity index (χ1v) is 5.30. The molecule has 1 aliphatic heterocycles. The van der Waals surface area contributed by atoms with Crippen LogP contribution in [0, 0.1) is 0 Å². The lowest BCUT2D eigenvalue weighted by atomic mass is 10.1. The molecule has 0 bridgehead atoms. The Hall–Kier alpha value is -1.51. The Morgan fingerprint density at radius 1 is 1.40 bits per heavy atom. The molecule has 80 valence electrons. The van der Waals surface area contributed by atoms with Crippen molar-refractivity contribution in [3.63, 3.8) is 0 Å². The minimum atomic E-state index is 0.0406. The van der Waals surface area contributed by atoms with Crippen molar-refractivity contribution >= 4 is 6.03 Å². The van der Waals surface area contributed by atoms with E-state index >= 15 is 0 Å². The van der Waals surface area contributed by atoms with Gasteiger partial charge in [0.25, 0.3) is 0 Å². The molecule has 3 heteroatoms. The number of urea groups is 1. The Kier molecular flexibility index (Phi) is 2.62. The molecule has 2 amide bonds. The van der Waals surface area contributed by atoms with Crippen molar-refractivity contribution in [2.45, 2.75) is 25.9 Å². The highest BCUT2D eigenvalue weighted by molar-refractivity contribution is 5.77. The quantitative estimate of drug-likeness (QED) is 0.786. The standard InChI is InChI=1S/C12H16N2O/c1-9-8-14(12(15)13-9)10(2)11-6-4-3-5-7-11/h3-7,9-10H,8H2,1-2H3,(H,13,15)/t9-,10-/m0/s1. The van der Waals surface area contributed by atoms with Gasteiger partial charge in [-0.25, -0.2) is 4.79 Å². The van der Waals surface area contributed by atoms with Crippen LogP contribution in [0.5, 0.6) is 0 Å². The van der Waals surface area contributed by atoms with Crippen LogP contribution in [-0.2, 0) is 0 Å². The maximum absolute atomic E-state index is 11.6. The molecule has 1 aromatic rings. The van der Waals surface area contributed by atoms with Gasteiger partial charge in [-0.05, 0) is 19.4 Å². The predicted octanol–water partition coefficient (Wildman–Crippen LogP) is 2.16. The Labute approximate surface area is 90.1 Å². The summed E-state index contributed by atoms with van der Waals surface area (Å²) in [5, 5.41) is 2.90. The second kappa shape index (κ2) is 3.93. The van der Waals surface area contributed by atoms with Crippen LogP contribution in [0.25, 0.3) is 0 Å². The van der Waals surface area contributed by atoms with E-state index in [-0.39, 0.29) is 18.1 Å². The van der Waals surface area contributed by atoms with Crippen LogP contribution >= 0.6 is 0 Å². The molecule has 2 rings (SSSR count). The van der Waals surface area contributed by atoms with Gasteiger partial charge < -0.3 is 10.2 Å². The molecular formula is C12H16N2O. The Morgan fingerprint density at radius 2 is 2.07 bits per heavy atom. The molecule has 0 unspecified atom stereocenters. The third-order valence-electron chi connectivity index (χ3n) is 2.85. The van der Waals surface area contributed by atoms with Crippen LogP contribution in [0.1, 0.15) is 25.5 Å². The third kappa shape index (κ3) is 1.96. The topological polar surface area (TPSA) is 32.3 Å². The van der Waals surface area contributed by atoms with Gasteiger partial charge >= 0.3 is 6.03 Å². The summed E-state index contributed by atoms with van der Waals surface area (Å²) in [4.78, 5) is 13.5. The molecule has 0 aliphatic carbocycles. The van der Waals surface area contributed by atoms with E-state index in [1.165, 1.54) is 5.56 Å². The minimum Gasteiger partial charge on any atom is -0.334 e. The average Bonchev–Trinajstić information content (AvgIpc) is 2.58. The van der Waals surface area contributed by atoms with E-state index in [0.29, 0.717) is 0 Å². The molecule has 1 saturated heterocycles. The maximum atomic E-state index is 11.6. The largest absolute Gasteiger partial charge is 0.334 e. The Bertz CT molecular complexity index is 350. The second-order valence-corrected chi connectivity index (χ2v) is 4.09. The van der Waals surface area contributed by atoms with Crippen LogP contribution in [-0.4, -0.2) is 23.5 Å². The number of rotatable bonds is 2. The second-order valence-electron chi connectivity index (χ2n) is 4.09. The summed E-state index contributed by atoms with van der Waals surface area (Å²) in [5.74, 6) is 0. The molecule has 2 atom stereocenters. The number of nitrogens with one attached hydrogen (secondary N) is 1. The van der Waals surface area contributed by atoms with Gasteiger partial charge in [-0.1, -0.05) is 30.3 Å². The lowest BCUT2D eigenvalue weighted by Crippen LogP contribution is -2.30. The molecule has 0 aromatic heterocycles. The molecule has 1 heterocycles. The van der Waals surface area contributed by atoms with E-state index in [1.54, 1.807) is 0 Å². The van der Waals surface area contributed by atoms with Crippen molar-refractivity contribution in [1.82, 2.24) is 10.2 Å². The fourth-order valence-corrected chi connectivity index (χ4v) is 1.96. The van der Waals surface area contributed by atoms with E-state index in [4.69, 9.17) is 0 Å². The van der Waals surface area contributed by atoms with Crippen LogP contribution < -0.4 is 5.32 Å². The molecule has 0 radical (unpaired) electrons. The van der Waals surface area contributed by atoms with Gasteiger partial charge in [0.05, 0.1) is 6.04 Å². The lowest BCUT2D eigenvalue weighted by molar-refractivity contribution is 0.202. The summed E-state index contributed by atoms with van der Waals surface area (Å²) in [6, 6.07) is 10.6. The Balaban J connectivity index is 2.15. The number of amides is 2. The van der Waals surface area contributed by atoms with E-state index < -0.39 is 0 Å². The number of benzene rings is 1. The number of carbonyl (C=O) groups is 1. The fourth-order valence-electron chi connectivity index (χ4n) is 1.96. The molecule has 1 fully saturated rings. The van der Waals surface area contributed by atoms with E-state index in [9.17, 15) is 4.79 Å². The van der Waals surface area contributed by atoms with Crippen LogP contribution in [0.4, 0.5) is 4.79 Å². The highest BCUT2D eigenvalue weighted by Gasteiger charge is 2.29. The van der Waals surface area contributed by atoms with Gasteiger partial charge in [0.2, 0.25) is 0 Å². The van der Waals surface area contributed by atoms with Crippen molar-refractivity contribution in [3.8, 4) is 0 Å². The Morgan fingerprint density at radius 3 is 2.60 bits per heavy atom. The van der Waals surface area contributed by atoms with E-state index in [2.05, 4.69) is 24.4 Å². The normalized spacial score (nSPS) is 22.7. The first kappa shape index (κ1) is 10.0. The number of nitrogens with zero attached hydrogens (tertiary/aromatic N) is 1. The summed E-state index contributed by atoms with van der Waals surface area (Å²) >= 11 is 0. The van der Waals surface area contributed by atoms with E-state index in [0.717, 1.165) is 6.54 Å². The third-order valence-corrected chi connectivity index (χ3v) is 2.85. The molecule has 0 saturated carbocycles. The van der Waals surface area contributed by atoms with Crippen molar-refractivity contribution in [1.29, 1.82) is 0 Å². The molecule has 0 spiro atoms. The zero-order chi connectivity index (χ0) is 10.8. The van der Waals surface area contributed by atoms with Gasteiger partial charge in [-0.2, -0.15) is 0 Å². The van der Waals surface area contributed by atoms with E-state index in [1.807, 2.05) is 30.0 Å². The molecule has 1 N–H and O–H groups in total. The van der Waals surface area contributed by atoms with Crippen molar-refractivity contribution in [2.75, 3.05) is 6.54 Å². The molecule has 1 aromatic carbocycles. The summed E-state index contributed by atoms with van der Waals surface area (Å²) in [6.45, 7) is 4.87. The molecule has 15 heavy (non-hydrogen) atoms. The van der Waals surface area contributed by atoms with Gasteiger partial charge in [-0.3, -0.25) is 0 Å². The zero-order valence-electron chi connectivity index (χ0n) is 9.10. The zero-order valence-corrected chi connectivity index (χ0v) is 9.10. The summed E-state index contributed by atoms with van der Waals surface area (Å²) < 4.78 is 0. The highest BCUT2D eigenvalue weighted by atomic mass is 16.2. The summed E-state index contributed by atoms with van der Waals surface area (Å²) in [6.07, 6.45) is 0. The van der Waals surface area contributed by atoms with Gasteiger partial charge in [-0.15, -0.1) is 0 Å². The van der Waals surface area contributed by atoms with Crippen molar-refractivity contribution < 1.29 is 4.79 Å². The number of hydrogen-bond acceptors (Lipinski definition) is 1. The minimum absolute atomic E-state index is 0.0406. The first-order valence-electron chi connectivity index (χ1n) is 5.30. The summed E-state index contributed by atoms with van der Waals surface area (Å²) in [5.41, 5.74) is 1.18. The smallest absolute Gasteiger partial charge is 0.318 e. The SMILES string of the molecule is C[C@H]1CN([C@@H](C)c2ccccc2)C(=O)N1. The monoisotopic (exact) mass is 204 g/mol. The highest BCUT2D eigenvalue weighted by Crippen LogP contribution is 2.22. The summed E-state index contributed by atoms with van der Waals surface area (Å²) in [7, 11) is 0. The number of hydrogen-bond donors (Lipinski definition) is 1. The van der Waals surface area contributed by atoms with Crippen LogP contribution in [0.3, 0.4) is 0 Å². The van der Waals surface area contributed by atoms with Gasteiger partial charge in [0.1, 0.15) is 0 Å². The number of carbonyl (C=O) groups excluding carboxylic acids is 1. The molecule has 1 aliphatic rings. The fraction of sp³-hybridized carbons (Fsp3) is 0.417. The maximum Gasteiger partial charge on any atom is 0.318 e. The lowest BCUT2D eigenvalue weighted by Gasteiger charge is -2.23. The van der Waals surface area contributed by atoms with Crippen molar-refractivity contribution in [2.24, 2.45) is 0 Å². The van der Waals surface area contributed by atoms with Crippen LogP contribution in [0.15, 0.2) is 30.3 Å². The van der Waals surface area contributed by atoms with Gasteiger partial charge in [0, 0.05) is 12.6 Å². The molecule has 3 nitrogen and oxygen atoms in total. The van der Waals surface area contributed by atoms with Crippen molar-refractivity contribution in [3.05, 3.63) is 35.9 Å². The van der Waals surface area contributed by atoms with Gasteiger partial charge in [0.15, 0.2) is 0 Å². The molecular weight excluding hydrogens is 188 g/mol. The average molecular weight is 204 g/mol. The van der Waals surface area contributed by atoms with Crippen LogP contribution in [0.2, 0.25) is 0 Å². The predicted molar refractivity (Wildman–Crippen MR) is 59.6 cm³/mol.